The van der Waals surface area contributed by atoms with E-state index in [1.54, 1.807) is 0 Å². The maximum atomic E-state index is 12.5. The molecular weight excluding hydrogens is 352 g/mol. The molecule has 0 aromatic heterocycles. The molecule has 0 saturated heterocycles. The largest absolute Gasteiger partial charge is 0.462 e. The van der Waals surface area contributed by atoms with Gasteiger partial charge in [0.25, 0.3) is 0 Å². The third-order valence-electron chi connectivity index (χ3n) is 8.81. The van der Waals surface area contributed by atoms with Gasteiger partial charge in [-0.1, -0.05) is 13.8 Å². The van der Waals surface area contributed by atoms with Crippen LogP contribution in [0.4, 0.5) is 0 Å². The van der Waals surface area contributed by atoms with E-state index >= 15 is 0 Å². The molecule has 0 heterocycles. The second kappa shape index (κ2) is 5.94. The Kier molecular flexibility index (Phi) is 4.28. The Bertz CT molecular complexity index is 636. The number of hydrogen-bond donors (Lipinski definition) is 1. The zero-order valence-corrected chi connectivity index (χ0v) is 16.8. The summed E-state index contributed by atoms with van der Waals surface area (Å²) in [7, 11) is 0. The topological polar surface area (TPSA) is 63.6 Å². The van der Waals surface area contributed by atoms with Crippen molar-refractivity contribution in [3.05, 3.63) is 0 Å². The predicted octanol–water partition coefficient (Wildman–Crippen LogP) is 3.86. The second-order valence-corrected chi connectivity index (χ2v) is 10.3. The number of esters is 1. The van der Waals surface area contributed by atoms with Crippen molar-refractivity contribution < 1.29 is 19.4 Å². The van der Waals surface area contributed by atoms with Crippen LogP contribution in [0.1, 0.15) is 72.1 Å². The summed E-state index contributed by atoms with van der Waals surface area (Å²) in [4.78, 5) is 23.9. The van der Waals surface area contributed by atoms with Crippen molar-refractivity contribution in [1.82, 2.24) is 0 Å². The van der Waals surface area contributed by atoms with Crippen LogP contribution in [-0.4, -0.2) is 33.9 Å². The van der Waals surface area contributed by atoms with Crippen molar-refractivity contribution >= 4 is 23.4 Å². The monoisotopic (exact) mass is 382 g/mol. The van der Waals surface area contributed by atoms with Crippen LogP contribution in [0.3, 0.4) is 0 Å². The number of fused-ring (bicyclic) bond motifs is 5. The number of carbonyl (C=O) groups is 2. The highest BCUT2D eigenvalue weighted by molar-refractivity contribution is 6.21. The molecule has 1 N–H and O–H groups in total. The molecular formula is C21H31ClO4. The first-order valence-electron chi connectivity index (χ1n) is 10.2. The van der Waals surface area contributed by atoms with Gasteiger partial charge in [0.15, 0.2) is 0 Å². The number of ether oxygens (including phenoxy) is 1. The molecule has 146 valence electrons. The number of aliphatic hydroxyl groups is 1. The summed E-state index contributed by atoms with van der Waals surface area (Å²) < 4.78 is 5.43. The summed E-state index contributed by atoms with van der Waals surface area (Å²) in [5.41, 5.74) is -1.46. The summed E-state index contributed by atoms with van der Waals surface area (Å²) in [6.45, 7) is 5.78. The van der Waals surface area contributed by atoms with Gasteiger partial charge in [-0.3, -0.25) is 9.59 Å². The fraction of sp³-hybridized carbons (Fsp3) is 0.905. The van der Waals surface area contributed by atoms with E-state index in [1.165, 1.54) is 6.92 Å². The van der Waals surface area contributed by atoms with Crippen molar-refractivity contribution in [3.8, 4) is 0 Å². The number of carbonyl (C=O) groups excluding carboxylic acids is 2. The van der Waals surface area contributed by atoms with Crippen LogP contribution in [-0.2, 0) is 14.3 Å². The molecule has 0 bridgehead atoms. The van der Waals surface area contributed by atoms with Crippen LogP contribution in [0.5, 0.6) is 0 Å². The van der Waals surface area contributed by atoms with E-state index in [9.17, 15) is 14.7 Å². The zero-order chi connectivity index (χ0) is 18.9. The molecule has 0 amide bonds. The maximum absolute atomic E-state index is 12.5. The van der Waals surface area contributed by atoms with Gasteiger partial charge in [0.05, 0.1) is 11.0 Å². The lowest BCUT2D eigenvalue weighted by atomic mass is 9.43. The van der Waals surface area contributed by atoms with Crippen molar-refractivity contribution in [2.24, 2.45) is 28.6 Å². The summed E-state index contributed by atoms with van der Waals surface area (Å²) in [6.07, 6.45) is 6.16. The SMILES string of the molecule is CC(=O)O[C@H]1CC[C@]2(C)[C@H]3CC[C@]4(C)C(=O)CC[C@H]4[C@@H]3C[C@H](Cl)[C@@]2(O)C1. The molecule has 26 heavy (non-hydrogen) atoms. The first-order valence-corrected chi connectivity index (χ1v) is 10.6. The van der Waals surface area contributed by atoms with Gasteiger partial charge in [-0.15, -0.1) is 11.6 Å². The maximum Gasteiger partial charge on any atom is 0.302 e. The molecule has 0 unspecified atom stereocenters. The summed E-state index contributed by atoms with van der Waals surface area (Å²) in [6, 6.07) is 0. The highest BCUT2D eigenvalue weighted by Gasteiger charge is 2.67. The Morgan fingerprint density at radius 3 is 2.62 bits per heavy atom. The van der Waals surface area contributed by atoms with Gasteiger partial charge in [-0.25, -0.2) is 0 Å². The van der Waals surface area contributed by atoms with Gasteiger partial charge in [-0.2, -0.15) is 0 Å². The van der Waals surface area contributed by atoms with Gasteiger partial charge >= 0.3 is 5.97 Å². The Morgan fingerprint density at radius 1 is 1.19 bits per heavy atom. The van der Waals surface area contributed by atoms with Crippen LogP contribution >= 0.6 is 11.6 Å². The fourth-order valence-electron chi connectivity index (χ4n) is 7.30. The molecule has 5 heteroatoms. The molecule has 4 saturated carbocycles. The highest BCUT2D eigenvalue weighted by atomic mass is 35.5. The molecule has 4 fully saturated rings. The summed E-state index contributed by atoms with van der Waals surface area (Å²) in [5, 5.41) is 11.4. The lowest BCUT2D eigenvalue weighted by molar-refractivity contribution is -0.219. The Hall–Kier alpha value is -0.610. The first kappa shape index (κ1) is 18.7. The molecule has 4 rings (SSSR count). The standard InChI is InChI=1S/C21H31ClO4/c1-12(23)26-13-6-9-20(3)16-7-8-19(2)15(4-5-18(19)24)14(16)10-17(22)21(20,25)11-13/h13-17,25H,4-11H2,1-3H3/t13-,14-,15-,16-,17-,19-,20+,21-/m0/s1. The first-order chi connectivity index (χ1) is 12.1. The molecule has 4 aliphatic carbocycles. The zero-order valence-electron chi connectivity index (χ0n) is 16.1. The molecule has 0 aliphatic heterocycles. The fourth-order valence-corrected chi connectivity index (χ4v) is 7.84. The second-order valence-electron chi connectivity index (χ2n) is 9.81. The third kappa shape index (κ3) is 2.37. The summed E-state index contributed by atoms with van der Waals surface area (Å²) >= 11 is 6.84. The van der Waals surface area contributed by atoms with Crippen molar-refractivity contribution in [2.75, 3.05) is 0 Å². The number of alkyl halides is 1. The van der Waals surface area contributed by atoms with E-state index in [4.69, 9.17) is 16.3 Å². The Morgan fingerprint density at radius 2 is 1.92 bits per heavy atom. The molecule has 4 nitrogen and oxygen atoms in total. The highest BCUT2D eigenvalue weighted by Crippen LogP contribution is 2.67. The number of Topliss-reactive ketones (excluding diaryl/α,β-unsaturated/α-hetero) is 1. The quantitative estimate of drug-likeness (QED) is 0.552. The molecule has 0 spiro atoms. The van der Waals surface area contributed by atoms with Gasteiger partial charge in [-0.05, 0) is 56.3 Å². The molecule has 8 atom stereocenters. The normalized spacial score (nSPS) is 53.4. The van der Waals surface area contributed by atoms with Crippen LogP contribution < -0.4 is 0 Å². The molecule has 0 radical (unpaired) electrons. The van der Waals surface area contributed by atoms with Crippen LogP contribution in [0.2, 0.25) is 0 Å². The summed E-state index contributed by atoms with van der Waals surface area (Å²) in [5.74, 6) is 1.35. The lowest BCUT2D eigenvalue weighted by Crippen LogP contribution is -2.67. The van der Waals surface area contributed by atoms with E-state index in [-0.39, 0.29) is 28.3 Å². The smallest absolute Gasteiger partial charge is 0.302 e. The minimum atomic E-state index is -1.01. The van der Waals surface area contributed by atoms with Gasteiger partial charge in [0.2, 0.25) is 0 Å². The van der Waals surface area contributed by atoms with Crippen molar-refractivity contribution in [1.29, 1.82) is 0 Å². The van der Waals surface area contributed by atoms with Crippen molar-refractivity contribution in [3.63, 3.8) is 0 Å². The van der Waals surface area contributed by atoms with Crippen LogP contribution in [0.25, 0.3) is 0 Å². The average Bonchev–Trinajstić information content (AvgIpc) is 2.86. The number of halogens is 1. The van der Waals surface area contributed by atoms with Crippen molar-refractivity contribution in [2.45, 2.75) is 89.2 Å². The molecule has 4 aliphatic rings. The van der Waals surface area contributed by atoms with Crippen LogP contribution in [0, 0.1) is 28.6 Å². The number of ketones is 1. The van der Waals surface area contributed by atoms with Gasteiger partial charge in [0, 0.05) is 30.6 Å². The minimum absolute atomic E-state index is 0.182. The third-order valence-corrected chi connectivity index (χ3v) is 9.35. The van der Waals surface area contributed by atoms with Gasteiger partial charge in [0.1, 0.15) is 11.9 Å². The average molecular weight is 383 g/mol. The van der Waals surface area contributed by atoms with E-state index in [1.807, 2.05) is 0 Å². The Balaban J connectivity index is 1.65. The van der Waals surface area contributed by atoms with E-state index in [2.05, 4.69) is 13.8 Å². The molecule has 0 aromatic rings. The predicted molar refractivity (Wildman–Crippen MR) is 98.8 cm³/mol. The van der Waals surface area contributed by atoms with E-state index in [0.29, 0.717) is 36.4 Å². The van der Waals surface area contributed by atoms with E-state index in [0.717, 1.165) is 38.5 Å². The minimum Gasteiger partial charge on any atom is -0.462 e. The van der Waals surface area contributed by atoms with E-state index < -0.39 is 5.60 Å². The van der Waals surface area contributed by atoms with Gasteiger partial charge < -0.3 is 9.84 Å². The van der Waals surface area contributed by atoms with Crippen LogP contribution in [0.15, 0.2) is 0 Å². The molecule has 0 aromatic carbocycles. The Labute approximate surface area is 161 Å². The number of rotatable bonds is 1. The lowest BCUT2D eigenvalue weighted by Gasteiger charge is -2.64. The number of hydrogen-bond acceptors (Lipinski definition) is 4.